The molecular formula is C11H21N3. The summed E-state index contributed by atoms with van der Waals surface area (Å²) in [6.07, 6.45) is 2.48. The van der Waals surface area contributed by atoms with Crippen LogP contribution in [-0.2, 0) is 0 Å². The molecule has 1 fully saturated rings. The molecule has 0 radical (unpaired) electrons. The monoisotopic (exact) mass is 195 g/mol. The molecule has 3 heteroatoms. The quantitative estimate of drug-likeness (QED) is 0.695. The van der Waals surface area contributed by atoms with E-state index >= 15 is 0 Å². The van der Waals surface area contributed by atoms with Crippen LogP contribution in [0.15, 0.2) is 0 Å². The van der Waals surface area contributed by atoms with Gasteiger partial charge in [0.1, 0.15) is 6.04 Å². The fraction of sp³-hybridized carbons (Fsp3) is 0.909. The predicted molar refractivity (Wildman–Crippen MR) is 57.9 cm³/mol. The van der Waals surface area contributed by atoms with Gasteiger partial charge in [0, 0.05) is 18.6 Å². The molecule has 0 aliphatic heterocycles. The number of rotatable bonds is 6. The Morgan fingerprint density at radius 3 is 2.50 bits per heavy atom. The third-order valence-electron chi connectivity index (χ3n) is 2.72. The van der Waals surface area contributed by atoms with Gasteiger partial charge in [-0.15, -0.1) is 0 Å². The first-order valence-electron chi connectivity index (χ1n) is 5.57. The van der Waals surface area contributed by atoms with Gasteiger partial charge in [0.15, 0.2) is 0 Å². The minimum atomic E-state index is 0.00449. The first kappa shape index (κ1) is 11.5. The molecular weight excluding hydrogens is 174 g/mol. The van der Waals surface area contributed by atoms with E-state index < -0.39 is 0 Å². The number of nitriles is 1. The Labute approximate surface area is 87.1 Å². The molecule has 1 unspecified atom stereocenters. The van der Waals surface area contributed by atoms with Crippen LogP contribution in [0.5, 0.6) is 0 Å². The van der Waals surface area contributed by atoms with E-state index in [0.29, 0.717) is 12.1 Å². The van der Waals surface area contributed by atoms with Crippen molar-refractivity contribution in [3.63, 3.8) is 0 Å². The zero-order chi connectivity index (χ0) is 10.6. The highest BCUT2D eigenvalue weighted by Gasteiger charge is 2.25. The minimum Gasteiger partial charge on any atom is -0.299 e. The lowest BCUT2D eigenvalue weighted by atomic mass is 10.2. The van der Waals surface area contributed by atoms with Crippen LogP contribution in [0.25, 0.3) is 0 Å². The van der Waals surface area contributed by atoms with E-state index in [9.17, 15) is 0 Å². The van der Waals surface area contributed by atoms with Gasteiger partial charge in [0.25, 0.3) is 0 Å². The Balaban J connectivity index is 2.33. The lowest BCUT2D eigenvalue weighted by molar-refractivity contribution is 0.220. The summed E-state index contributed by atoms with van der Waals surface area (Å²) in [4.78, 5) is 2.32. The van der Waals surface area contributed by atoms with Crippen LogP contribution in [0.1, 0.15) is 33.6 Å². The zero-order valence-corrected chi connectivity index (χ0v) is 9.45. The fourth-order valence-electron chi connectivity index (χ4n) is 1.60. The molecule has 1 rings (SSSR count). The molecule has 0 bridgehead atoms. The van der Waals surface area contributed by atoms with Crippen molar-refractivity contribution in [2.75, 3.05) is 13.1 Å². The highest BCUT2D eigenvalue weighted by atomic mass is 15.2. The van der Waals surface area contributed by atoms with Crippen molar-refractivity contribution < 1.29 is 0 Å². The normalized spacial score (nSPS) is 18.6. The minimum absolute atomic E-state index is 0.00449. The summed E-state index contributed by atoms with van der Waals surface area (Å²) in [7, 11) is 0. The summed E-state index contributed by atoms with van der Waals surface area (Å²) in [6, 6.07) is 3.49. The average Bonchev–Trinajstić information content (AvgIpc) is 2.95. The second-order valence-corrected chi connectivity index (χ2v) is 4.30. The van der Waals surface area contributed by atoms with Gasteiger partial charge < -0.3 is 0 Å². The number of hydrogen-bond donors (Lipinski definition) is 1. The van der Waals surface area contributed by atoms with Gasteiger partial charge in [-0.25, -0.2) is 0 Å². The molecule has 14 heavy (non-hydrogen) atoms. The molecule has 1 aliphatic carbocycles. The van der Waals surface area contributed by atoms with Crippen molar-refractivity contribution in [3.8, 4) is 6.07 Å². The number of nitrogens with zero attached hydrogens (tertiary/aromatic N) is 2. The van der Waals surface area contributed by atoms with E-state index in [0.717, 1.165) is 13.1 Å². The topological polar surface area (TPSA) is 39.1 Å². The van der Waals surface area contributed by atoms with Crippen LogP contribution in [-0.4, -0.2) is 36.1 Å². The van der Waals surface area contributed by atoms with Crippen LogP contribution in [0.3, 0.4) is 0 Å². The van der Waals surface area contributed by atoms with Crippen molar-refractivity contribution in [1.82, 2.24) is 10.2 Å². The van der Waals surface area contributed by atoms with Gasteiger partial charge in [-0.05, 0) is 33.2 Å². The van der Waals surface area contributed by atoms with Gasteiger partial charge in [-0.1, -0.05) is 6.92 Å². The second kappa shape index (κ2) is 5.33. The van der Waals surface area contributed by atoms with Crippen molar-refractivity contribution >= 4 is 0 Å². The Morgan fingerprint density at radius 1 is 1.50 bits per heavy atom. The summed E-state index contributed by atoms with van der Waals surface area (Å²) in [6.45, 7) is 8.36. The summed E-state index contributed by atoms with van der Waals surface area (Å²) in [5.41, 5.74) is 0. The molecule has 1 N–H and O–H groups in total. The molecule has 3 nitrogen and oxygen atoms in total. The van der Waals surface area contributed by atoms with E-state index in [4.69, 9.17) is 5.26 Å². The molecule has 0 amide bonds. The zero-order valence-electron chi connectivity index (χ0n) is 9.45. The highest BCUT2D eigenvalue weighted by molar-refractivity contribution is 4.97. The van der Waals surface area contributed by atoms with Gasteiger partial charge >= 0.3 is 0 Å². The smallest absolute Gasteiger partial charge is 0.108 e. The summed E-state index contributed by atoms with van der Waals surface area (Å²) >= 11 is 0. The summed E-state index contributed by atoms with van der Waals surface area (Å²) in [5, 5.41) is 12.3. The van der Waals surface area contributed by atoms with Gasteiger partial charge in [0.2, 0.25) is 0 Å². The van der Waals surface area contributed by atoms with E-state index in [-0.39, 0.29) is 6.04 Å². The van der Waals surface area contributed by atoms with Crippen LogP contribution < -0.4 is 5.32 Å². The SMILES string of the molecule is CCN(CC(C#N)NC1CC1)C(C)C. The maximum absolute atomic E-state index is 8.99. The Bertz CT molecular complexity index is 203. The van der Waals surface area contributed by atoms with E-state index in [1.54, 1.807) is 0 Å². The lowest BCUT2D eigenvalue weighted by Crippen LogP contribution is -2.43. The number of hydrogen-bond acceptors (Lipinski definition) is 3. The van der Waals surface area contributed by atoms with Crippen molar-refractivity contribution in [1.29, 1.82) is 5.26 Å². The first-order valence-corrected chi connectivity index (χ1v) is 5.57. The van der Waals surface area contributed by atoms with Crippen molar-refractivity contribution in [2.45, 2.75) is 51.7 Å². The molecule has 0 aromatic carbocycles. The molecule has 1 aliphatic rings. The molecule has 0 heterocycles. The maximum atomic E-state index is 8.99. The van der Waals surface area contributed by atoms with Gasteiger partial charge in [-0.2, -0.15) is 5.26 Å². The van der Waals surface area contributed by atoms with E-state index in [1.807, 2.05) is 0 Å². The molecule has 0 aromatic rings. The van der Waals surface area contributed by atoms with E-state index in [2.05, 4.69) is 37.1 Å². The van der Waals surface area contributed by atoms with Crippen LogP contribution in [0, 0.1) is 11.3 Å². The Hall–Kier alpha value is -0.590. The molecule has 0 saturated heterocycles. The van der Waals surface area contributed by atoms with Crippen LogP contribution in [0.4, 0.5) is 0 Å². The van der Waals surface area contributed by atoms with Crippen LogP contribution in [0.2, 0.25) is 0 Å². The Kier molecular flexibility index (Phi) is 4.37. The Morgan fingerprint density at radius 2 is 2.14 bits per heavy atom. The molecule has 80 valence electrons. The molecule has 0 spiro atoms. The number of likely N-dealkylation sites (N-methyl/N-ethyl adjacent to an activating group) is 1. The average molecular weight is 195 g/mol. The third-order valence-corrected chi connectivity index (χ3v) is 2.72. The summed E-state index contributed by atoms with van der Waals surface area (Å²) in [5.74, 6) is 0. The number of nitrogens with one attached hydrogen (secondary N) is 1. The highest BCUT2D eigenvalue weighted by Crippen LogP contribution is 2.19. The van der Waals surface area contributed by atoms with E-state index in [1.165, 1.54) is 12.8 Å². The summed E-state index contributed by atoms with van der Waals surface area (Å²) < 4.78 is 0. The van der Waals surface area contributed by atoms with Crippen LogP contribution >= 0.6 is 0 Å². The fourth-order valence-corrected chi connectivity index (χ4v) is 1.60. The standard InChI is InChI=1S/C11H21N3/c1-4-14(9(2)3)8-11(7-12)13-10-5-6-10/h9-11,13H,4-6,8H2,1-3H3. The first-order chi connectivity index (χ1) is 6.67. The third kappa shape index (κ3) is 3.65. The second-order valence-electron chi connectivity index (χ2n) is 4.30. The largest absolute Gasteiger partial charge is 0.299 e. The predicted octanol–water partition coefficient (Wildman–Crippen LogP) is 1.36. The van der Waals surface area contributed by atoms with Gasteiger partial charge in [0.05, 0.1) is 6.07 Å². The maximum Gasteiger partial charge on any atom is 0.108 e. The van der Waals surface area contributed by atoms with Crippen molar-refractivity contribution in [2.24, 2.45) is 0 Å². The van der Waals surface area contributed by atoms with Crippen molar-refractivity contribution in [3.05, 3.63) is 0 Å². The molecule has 1 saturated carbocycles. The molecule has 1 atom stereocenters. The molecule has 0 aromatic heterocycles. The lowest BCUT2D eigenvalue weighted by Gasteiger charge is -2.27. The van der Waals surface area contributed by atoms with Gasteiger partial charge in [-0.3, -0.25) is 10.2 Å².